The lowest BCUT2D eigenvalue weighted by molar-refractivity contribution is 0.0696. The third-order valence-electron chi connectivity index (χ3n) is 4.52. The lowest BCUT2D eigenvalue weighted by Gasteiger charge is -2.15. The predicted molar refractivity (Wildman–Crippen MR) is 91.9 cm³/mol. The van der Waals surface area contributed by atoms with Gasteiger partial charge in [0.05, 0.1) is 11.8 Å². The number of benzene rings is 1. The zero-order chi connectivity index (χ0) is 18.0. The summed E-state index contributed by atoms with van der Waals surface area (Å²) in [6.45, 7) is 3.44. The Balaban J connectivity index is 1.69. The van der Waals surface area contributed by atoms with Gasteiger partial charge in [0.15, 0.2) is 0 Å². The van der Waals surface area contributed by atoms with Crippen LogP contribution in [0.2, 0.25) is 0 Å². The maximum absolute atomic E-state index is 12.7. The second-order valence-corrected chi connectivity index (χ2v) is 8.20. The largest absolute Gasteiger partial charge is 0.478 e. The summed E-state index contributed by atoms with van der Waals surface area (Å²) in [4.78, 5) is 11.3. The van der Waals surface area contributed by atoms with Crippen molar-refractivity contribution in [3.63, 3.8) is 0 Å². The predicted octanol–water partition coefficient (Wildman–Crippen LogP) is 1.85. The molecule has 1 aliphatic rings. The summed E-state index contributed by atoms with van der Waals surface area (Å²) in [5, 5.41) is 13.1. The van der Waals surface area contributed by atoms with Crippen molar-refractivity contribution in [1.82, 2.24) is 14.1 Å². The Kier molecular flexibility index (Phi) is 4.91. The highest BCUT2D eigenvalue weighted by atomic mass is 32.2. The molecule has 1 fully saturated rings. The van der Waals surface area contributed by atoms with Gasteiger partial charge in [0, 0.05) is 25.8 Å². The van der Waals surface area contributed by atoms with Crippen molar-refractivity contribution in [2.75, 3.05) is 13.1 Å². The van der Waals surface area contributed by atoms with Crippen LogP contribution in [-0.4, -0.2) is 46.7 Å². The SMILES string of the molecule is CCn1cc(S(=O)(=O)N2CCC(Cc3cccc(C(=O)O)c3)C2)cn1. The molecule has 134 valence electrons. The van der Waals surface area contributed by atoms with Gasteiger partial charge in [-0.2, -0.15) is 9.40 Å². The maximum atomic E-state index is 12.7. The fourth-order valence-electron chi connectivity index (χ4n) is 3.15. The van der Waals surface area contributed by atoms with E-state index in [4.69, 9.17) is 5.11 Å². The van der Waals surface area contributed by atoms with E-state index in [1.54, 1.807) is 29.1 Å². The fourth-order valence-corrected chi connectivity index (χ4v) is 4.63. The summed E-state index contributed by atoms with van der Waals surface area (Å²) >= 11 is 0. The minimum absolute atomic E-state index is 0.181. The van der Waals surface area contributed by atoms with Crippen LogP contribution in [0.3, 0.4) is 0 Å². The number of carboxylic acid groups (broad SMARTS) is 1. The van der Waals surface area contributed by atoms with E-state index in [2.05, 4.69) is 5.10 Å². The van der Waals surface area contributed by atoms with Crippen molar-refractivity contribution in [2.45, 2.75) is 31.2 Å². The normalized spacial score (nSPS) is 18.5. The fraction of sp³-hybridized carbons (Fsp3) is 0.412. The van der Waals surface area contributed by atoms with E-state index in [0.717, 1.165) is 12.0 Å². The molecule has 0 amide bonds. The highest BCUT2D eigenvalue weighted by molar-refractivity contribution is 7.89. The van der Waals surface area contributed by atoms with Crippen molar-refractivity contribution in [3.05, 3.63) is 47.8 Å². The van der Waals surface area contributed by atoms with Crippen LogP contribution in [0, 0.1) is 5.92 Å². The molecule has 25 heavy (non-hydrogen) atoms. The van der Waals surface area contributed by atoms with E-state index in [1.165, 1.54) is 10.5 Å². The monoisotopic (exact) mass is 363 g/mol. The van der Waals surface area contributed by atoms with Crippen molar-refractivity contribution in [3.8, 4) is 0 Å². The van der Waals surface area contributed by atoms with E-state index < -0.39 is 16.0 Å². The highest BCUT2D eigenvalue weighted by Crippen LogP contribution is 2.26. The highest BCUT2D eigenvalue weighted by Gasteiger charge is 2.33. The number of hydrogen-bond acceptors (Lipinski definition) is 4. The summed E-state index contributed by atoms with van der Waals surface area (Å²) in [7, 11) is -3.52. The summed E-state index contributed by atoms with van der Waals surface area (Å²) in [6.07, 6.45) is 4.38. The van der Waals surface area contributed by atoms with Gasteiger partial charge in [-0.05, 0) is 43.4 Å². The molecule has 1 atom stereocenters. The summed E-state index contributed by atoms with van der Waals surface area (Å²) in [5.74, 6) is -0.773. The molecule has 0 spiro atoms. The molecule has 2 aromatic rings. The van der Waals surface area contributed by atoms with Crippen LogP contribution < -0.4 is 0 Å². The van der Waals surface area contributed by atoms with Crippen LogP contribution in [0.25, 0.3) is 0 Å². The van der Waals surface area contributed by atoms with E-state index in [-0.39, 0.29) is 16.4 Å². The Labute approximate surface area is 146 Å². The van der Waals surface area contributed by atoms with Gasteiger partial charge in [-0.25, -0.2) is 13.2 Å². The molecular formula is C17H21N3O4S. The molecule has 8 heteroatoms. The number of nitrogens with zero attached hydrogens (tertiary/aromatic N) is 3. The molecule has 7 nitrogen and oxygen atoms in total. The number of sulfonamides is 1. The van der Waals surface area contributed by atoms with Crippen LogP contribution >= 0.6 is 0 Å². The first kappa shape index (κ1) is 17.6. The summed E-state index contributed by atoms with van der Waals surface area (Å²) < 4.78 is 28.5. The molecule has 1 N–H and O–H groups in total. The second-order valence-electron chi connectivity index (χ2n) is 6.26. The minimum Gasteiger partial charge on any atom is -0.478 e. The molecule has 1 saturated heterocycles. The summed E-state index contributed by atoms with van der Waals surface area (Å²) in [6, 6.07) is 6.82. The minimum atomic E-state index is -3.52. The molecule has 1 aliphatic heterocycles. The first-order valence-corrected chi connectivity index (χ1v) is 9.69. The van der Waals surface area contributed by atoms with Gasteiger partial charge < -0.3 is 5.11 Å². The Bertz CT molecular complexity index is 876. The van der Waals surface area contributed by atoms with E-state index >= 15 is 0 Å². The molecule has 2 heterocycles. The lowest BCUT2D eigenvalue weighted by Crippen LogP contribution is -2.29. The third-order valence-corrected chi connectivity index (χ3v) is 6.34. The average Bonchev–Trinajstić information content (AvgIpc) is 3.24. The van der Waals surface area contributed by atoms with Crippen LogP contribution in [0.1, 0.15) is 29.3 Å². The molecule has 0 radical (unpaired) electrons. The van der Waals surface area contributed by atoms with Crippen molar-refractivity contribution >= 4 is 16.0 Å². The number of rotatable bonds is 6. The standard InChI is InChI=1S/C17H21N3O4S/c1-2-19-12-16(10-18-19)25(23,24)20-7-6-14(11-20)8-13-4-3-5-15(9-13)17(21)22/h3-5,9-10,12,14H,2,6-8,11H2,1H3,(H,21,22). The molecule has 1 aromatic heterocycles. The number of carbonyl (C=O) groups is 1. The molecule has 0 bridgehead atoms. The van der Waals surface area contributed by atoms with Gasteiger partial charge in [-0.15, -0.1) is 0 Å². The first-order valence-electron chi connectivity index (χ1n) is 8.25. The molecular weight excluding hydrogens is 342 g/mol. The van der Waals surface area contributed by atoms with Crippen LogP contribution in [-0.2, 0) is 23.0 Å². The smallest absolute Gasteiger partial charge is 0.335 e. The Morgan fingerprint density at radius 2 is 2.20 bits per heavy atom. The van der Waals surface area contributed by atoms with Gasteiger partial charge in [-0.3, -0.25) is 4.68 Å². The number of carboxylic acids is 1. The quantitative estimate of drug-likeness (QED) is 0.846. The topological polar surface area (TPSA) is 92.5 Å². The van der Waals surface area contributed by atoms with Crippen LogP contribution in [0.4, 0.5) is 0 Å². The number of hydrogen-bond donors (Lipinski definition) is 1. The zero-order valence-electron chi connectivity index (χ0n) is 14.0. The second kappa shape index (κ2) is 6.97. The molecule has 1 aromatic carbocycles. The van der Waals surface area contributed by atoms with Gasteiger partial charge in [0.1, 0.15) is 4.90 Å². The van der Waals surface area contributed by atoms with Crippen LogP contribution in [0.15, 0.2) is 41.6 Å². The zero-order valence-corrected chi connectivity index (χ0v) is 14.8. The molecule has 1 unspecified atom stereocenters. The van der Waals surface area contributed by atoms with E-state index in [1.807, 2.05) is 13.0 Å². The Hall–Kier alpha value is -2.19. The number of aromatic nitrogens is 2. The van der Waals surface area contributed by atoms with Gasteiger partial charge in [0.2, 0.25) is 10.0 Å². The van der Waals surface area contributed by atoms with Crippen molar-refractivity contribution in [1.29, 1.82) is 0 Å². The number of aromatic carboxylic acids is 1. The lowest BCUT2D eigenvalue weighted by atomic mass is 9.97. The van der Waals surface area contributed by atoms with Gasteiger partial charge in [-0.1, -0.05) is 12.1 Å². The van der Waals surface area contributed by atoms with Crippen LogP contribution in [0.5, 0.6) is 0 Å². The van der Waals surface area contributed by atoms with E-state index in [9.17, 15) is 13.2 Å². The summed E-state index contributed by atoms with van der Waals surface area (Å²) in [5.41, 5.74) is 1.18. The Morgan fingerprint density at radius 3 is 2.88 bits per heavy atom. The molecule has 3 rings (SSSR count). The van der Waals surface area contributed by atoms with Gasteiger partial charge in [0.25, 0.3) is 0 Å². The van der Waals surface area contributed by atoms with Gasteiger partial charge >= 0.3 is 5.97 Å². The van der Waals surface area contributed by atoms with Crippen molar-refractivity contribution in [2.24, 2.45) is 5.92 Å². The maximum Gasteiger partial charge on any atom is 0.335 e. The number of aryl methyl sites for hydroxylation is 1. The molecule has 0 saturated carbocycles. The Morgan fingerprint density at radius 1 is 1.40 bits per heavy atom. The third kappa shape index (κ3) is 3.74. The van der Waals surface area contributed by atoms with E-state index in [0.29, 0.717) is 26.1 Å². The first-order chi connectivity index (χ1) is 11.9. The average molecular weight is 363 g/mol. The molecule has 0 aliphatic carbocycles. The van der Waals surface area contributed by atoms with Crippen molar-refractivity contribution < 1.29 is 18.3 Å².